The number of benzene rings is 4. The predicted molar refractivity (Wildman–Crippen MR) is 173 cm³/mol. The normalized spacial score (nSPS) is 13.3. The maximum atomic E-state index is 13.9. The van der Waals surface area contributed by atoms with Crippen molar-refractivity contribution < 1.29 is 47.7 Å². The molecule has 0 aliphatic carbocycles. The number of thiocarbonyl (C=S) groups is 1. The molecule has 0 spiro atoms. The monoisotopic (exact) mass is 744 g/mol. The van der Waals surface area contributed by atoms with Gasteiger partial charge in [-0.25, -0.2) is 4.39 Å². The van der Waals surface area contributed by atoms with Gasteiger partial charge in [-0.2, -0.15) is 26.3 Å². The van der Waals surface area contributed by atoms with Crippen LogP contribution in [0.4, 0.5) is 36.4 Å². The minimum absolute atomic E-state index is 0. The van der Waals surface area contributed by atoms with Crippen LogP contribution in [0, 0.1) is 11.7 Å². The van der Waals surface area contributed by atoms with Crippen molar-refractivity contribution >= 4 is 40.9 Å². The Hall–Kier alpha value is -3.01. The summed E-state index contributed by atoms with van der Waals surface area (Å²) in [7, 11) is -2.33. The van der Waals surface area contributed by atoms with Gasteiger partial charge in [0.05, 0.1) is 47.4 Å². The molecular formula is C34H33BrF7N2PS. The zero-order chi connectivity index (χ0) is 32.8. The number of rotatable bonds is 10. The van der Waals surface area contributed by atoms with Gasteiger partial charge >= 0.3 is 12.4 Å². The second kappa shape index (κ2) is 15.7. The Morgan fingerprint density at radius 2 is 1.24 bits per heavy atom. The van der Waals surface area contributed by atoms with Crippen LogP contribution in [0.5, 0.6) is 0 Å². The molecule has 4 aromatic carbocycles. The van der Waals surface area contributed by atoms with Crippen LogP contribution in [0.25, 0.3) is 0 Å². The average molecular weight is 746 g/mol. The molecule has 4 aromatic rings. The van der Waals surface area contributed by atoms with Gasteiger partial charge in [0, 0.05) is 5.69 Å². The lowest BCUT2D eigenvalue weighted by atomic mass is 10.0. The Balaban J connectivity index is 0.00000576. The third kappa shape index (κ3) is 9.52. The molecule has 0 unspecified atom stereocenters. The molecule has 0 saturated heterocycles. The molecule has 0 aromatic heterocycles. The van der Waals surface area contributed by atoms with Crippen molar-refractivity contribution in [1.29, 1.82) is 0 Å². The molecular weight excluding hydrogens is 712 g/mol. The molecule has 0 saturated carbocycles. The number of halogens is 8. The van der Waals surface area contributed by atoms with Crippen molar-refractivity contribution in [2.45, 2.75) is 44.8 Å². The molecule has 46 heavy (non-hydrogen) atoms. The average Bonchev–Trinajstić information content (AvgIpc) is 3.00. The van der Waals surface area contributed by atoms with E-state index in [9.17, 15) is 30.7 Å². The van der Waals surface area contributed by atoms with Crippen molar-refractivity contribution in [2.75, 3.05) is 11.5 Å². The lowest BCUT2D eigenvalue weighted by Gasteiger charge is -2.34. The van der Waals surface area contributed by atoms with Crippen LogP contribution in [0.3, 0.4) is 0 Å². The smallest absolute Gasteiger partial charge is 0.416 e. The number of alkyl halides is 6. The summed E-state index contributed by atoms with van der Waals surface area (Å²) in [5.74, 6) is -0.335. The molecule has 2 atom stereocenters. The number of hydrogen-bond donors (Lipinski definition) is 2. The lowest BCUT2D eigenvalue weighted by Crippen LogP contribution is -3.00. The van der Waals surface area contributed by atoms with E-state index >= 15 is 0 Å². The Kier molecular flexibility index (Phi) is 12.8. The molecule has 0 bridgehead atoms. The van der Waals surface area contributed by atoms with Gasteiger partial charge in [-0.3, -0.25) is 0 Å². The lowest BCUT2D eigenvalue weighted by molar-refractivity contribution is -0.143. The molecule has 0 fully saturated rings. The van der Waals surface area contributed by atoms with Gasteiger partial charge in [0.2, 0.25) is 0 Å². The molecule has 2 nitrogen and oxygen atoms in total. The first-order valence-electron chi connectivity index (χ1n) is 14.3. The van der Waals surface area contributed by atoms with Crippen LogP contribution < -0.4 is 38.2 Å². The Labute approximate surface area is 280 Å². The first kappa shape index (κ1) is 37.4. The van der Waals surface area contributed by atoms with E-state index in [1.54, 1.807) is 12.1 Å². The molecule has 4 rings (SSSR count). The summed E-state index contributed by atoms with van der Waals surface area (Å²) in [6, 6.07) is 27.3. The first-order valence-corrected chi connectivity index (χ1v) is 16.9. The topological polar surface area (TPSA) is 24.1 Å². The van der Waals surface area contributed by atoms with Crippen LogP contribution >= 0.6 is 19.5 Å². The van der Waals surface area contributed by atoms with Gasteiger partial charge < -0.3 is 27.6 Å². The summed E-state index contributed by atoms with van der Waals surface area (Å²) in [6.07, 6.45) is -8.09. The van der Waals surface area contributed by atoms with Crippen molar-refractivity contribution in [3.63, 3.8) is 0 Å². The highest BCUT2D eigenvalue weighted by atomic mass is 79.9. The van der Waals surface area contributed by atoms with Crippen molar-refractivity contribution in [1.82, 2.24) is 5.32 Å². The summed E-state index contributed by atoms with van der Waals surface area (Å²) in [6.45, 7) is 4.03. The van der Waals surface area contributed by atoms with Gasteiger partial charge in [0.1, 0.15) is 5.82 Å². The second-order valence-corrected chi connectivity index (χ2v) is 15.0. The largest absolute Gasteiger partial charge is 1.00 e. The van der Waals surface area contributed by atoms with E-state index in [4.69, 9.17) is 12.2 Å². The van der Waals surface area contributed by atoms with E-state index in [-0.39, 0.29) is 45.9 Å². The van der Waals surface area contributed by atoms with Crippen LogP contribution in [-0.2, 0) is 18.5 Å². The van der Waals surface area contributed by atoms with Gasteiger partial charge in [0.25, 0.3) is 0 Å². The first-order chi connectivity index (χ1) is 21.2. The summed E-state index contributed by atoms with van der Waals surface area (Å²) in [5.41, 5.74) is -2.35. The molecule has 0 aliphatic heterocycles. The van der Waals surface area contributed by atoms with Crippen LogP contribution in [0.15, 0.2) is 103 Å². The minimum atomic E-state index is -4.98. The fraction of sp³-hybridized carbons (Fsp3) is 0.265. The highest BCUT2D eigenvalue weighted by Gasteiger charge is 2.46. The van der Waals surface area contributed by atoms with E-state index in [0.717, 1.165) is 22.6 Å². The number of hydrogen-bond acceptors (Lipinski definition) is 1. The van der Waals surface area contributed by atoms with E-state index in [1.165, 1.54) is 12.1 Å². The maximum absolute atomic E-state index is 13.9. The number of nitrogens with one attached hydrogen (secondary N) is 2. The van der Waals surface area contributed by atoms with E-state index in [1.807, 2.05) is 50.2 Å². The quantitative estimate of drug-likeness (QED) is 0.111. The highest BCUT2D eigenvalue weighted by molar-refractivity contribution is 7.88. The molecule has 246 valence electrons. The van der Waals surface area contributed by atoms with E-state index in [0.29, 0.717) is 24.5 Å². The van der Waals surface area contributed by atoms with Gasteiger partial charge in [-0.1, -0.05) is 68.8 Å². The molecule has 0 radical (unpaired) electrons. The van der Waals surface area contributed by atoms with E-state index < -0.39 is 36.4 Å². The fourth-order valence-corrected chi connectivity index (χ4v) is 10.2. The third-order valence-corrected chi connectivity index (χ3v) is 12.6. The fourth-order valence-electron chi connectivity index (χ4n) is 5.29. The summed E-state index contributed by atoms with van der Waals surface area (Å²) in [5, 5.41) is 7.95. The predicted octanol–water partition coefficient (Wildman–Crippen LogP) is 6.44. The molecule has 12 heteroatoms. The third-order valence-electron chi connectivity index (χ3n) is 7.87. The molecule has 0 aliphatic rings. The summed E-state index contributed by atoms with van der Waals surface area (Å²) < 4.78 is 94.8. The van der Waals surface area contributed by atoms with Crippen LogP contribution in [-0.4, -0.2) is 17.3 Å². The number of anilines is 1. The molecule has 0 heterocycles. The Morgan fingerprint density at radius 1 is 0.761 bits per heavy atom. The minimum Gasteiger partial charge on any atom is -1.00 e. The van der Waals surface area contributed by atoms with Gasteiger partial charge in [0.15, 0.2) is 5.11 Å². The maximum Gasteiger partial charge on any atom is 0.416 e. The van der Waals surface area contributed by atoms with Crippen molar-refractivity contribution in [3.8, 4) is 0 Å². The standard InChI is InChI=1S/C34H32F7N2PS.BrH/c1-3-23(2)31(43-32(45)42-28-19-25(33(36,37)38)18-26(20-28)34(39,40)41)22-44(29-10-6-4-7-11-29,30-12-8-5-9-13-30)21-24-14-16-27(35)17-15-24;/h4-20,23,31H,3,21-22H2,1-2H3,(H-,42,43,45);1H/t23-,31+;/m0./s1. The van der Waals surface area contributed by atoms with Crippen LogP contribution in [0.2, 0.25) is 0 Å². The summed E-state index contributed by atoms with van der Waals surface area (Å²) >= 11 is 5.51. The van der Waals surface area contributed by atoms with E-state index in [2.05, 4.69) is 34.9 Å². The molecule has 0 amide bonds. The van der Waals surface area contributed by atoms with Gasteiger partial charge in [-0.05, 0) is 78.3 Å². The second-order valence-electron chi connectivity index (χ2n) is 11.0. The highest BCUT2D eigenvalue weighted by Crippen LogP contribution is 2.60. The zero-order valence-corrected chi connectivity index (χ0v) is 28.3. The Morgan fingerprint density at radius 3 is 1.67 bits per heavy atom. The molecule has 2 N–H and O–H groups in total. The summed E-state index contributed by atoms with van der Waals surface area (Å²) in [4.78, 5) is 0. The Bertz CT molecular complexity index is 1500. The van der Waals surface area contributed by atoms with Crippen molar-refractivity contribution in [3.05, 3.63) is 126 Å². The SMILES string of the molecule is CC[C@H](C)[C@@H](C[P+](Cc1ccc(F)cc1)(c1ccccc1)c1ccccc1)NC(=S)Nc1cc(C(F)(F)F)cc(C(F)(F)F)c1.[Br-]. The zero-order valence-electron chi connectivity index (χ0n) is 25.0. The van der Waals surface area contributed by atoms with Gasteiger partial charge in [-0.15, -0.1) is 0 Å². The van der Waals surface area contributed by atoms with Crippen molar-refractivity contribution in [2.24, 2.45) is 5.92 Å². The van der Waals surface area contributed by atoms with Crippen LogP contribution in [0.1, 0.15) is 37.0 Å².